The summed E-state index contributed by atoms with van der Waals surface area (Å²) in [6.45, 7) is 2.05. The van der Waals surface area contributed by atoms with Crippen molar-refractivity contribution in [3.8, 4) is 16.9 Å². The van der Waals surface area contributed by atoms with Crippen LogP contribution in [0.1, 0.15) is 20.8 Å². The smallest absolute Gasteiger partial charge is 0.266 e. The van der Waals surface area contributed by atoms with Gasteiger partial charge in [-0.05, 0) is 36.6 Å². The molecule has 0 saturated heterocycles. The highest BCUT2D eigenvalue weighted by Gasteiger charge is 2.12. The summed E-state index contributed by atoms with van der Waals surface area (Å²) in [6.07, 6.45) is 3.55. The summed E-state index contributed by atoms with van der Waals surface area (Å²) in [5.41, 5.74) is 7.32. The van der Waals surface area contributed by atoms with E-state index in [9.17, 15) is 4.79 Å². The third-order valence-corrected chi connectivity index (χ3v) is 5.04. The number of carbonyl (C=O) groups excluding carboxylic acids is 1. The van der Waals surface area contributed by atoms with Gasteiger partial charge in [0, 0.05) is 17.3 Å². The zero-order valence-corrected chi connectivity index (χ0v) is 16.1. The number of hydrogen-bond acceptors (Lipinski definition) is 4. The van der Waals surface area contributed by atoms with Gasteiger partial charge in [-0.25, -0.2) is 10.1 Å². The second-order valence-corrected chi connectivity index (χ2v) is 7.21. The van der Waals surface area contributed by atoms with Gasteiger partial charge in [-0.3, -0.25) is 4.79 Å². The van der Waals surface area contributed by atoms with Crippen molar-refractivity contribution in [2.45, 2.75) is 6.92 Å². The molecule has 1 amide bonds. The van der Waals surface area contributed by atoms with Crippen LogP contribution in [0.25, 0.3) is 16.9 Å². The number of carbonyl (C=O) groups is 1. The van der Waals surface area contributed by atoms with Gasteiger partial charge in [0.25, 0.3) is 5.91 Å². The zero-order valence-electron chi connectivity index (χ0n) is 15.2. The molecule has 2 heterocycles. The predicted molar refractivity (Wildman–Crippen MR) is 113 cm³/mol. The Morgan fingerprint density at radius 3 is 2.71 bits per heavy atom. The van der Waals surface area contributed by atoms with Crippen LogP contribution in [0.2, 0.25) is 0 Å². The number of hydrogen-bond donors (Lipinski definition) is 1. The molecule has 0 spiro atoms. The summed E-state index contributed by atoms with van der Waals surface area (Å²) < 4.78 is 1.82. The molecule has 28 heavy (non-hydrogen) atoms. The second kappa shape index (κ2) is 8.02. The van der Waals surface area contributed by atoms with Gasteiger partial charge in [0.15, 0.2) is 0 Å². The summed E-state index contributed by atoms with van der Waals surface area (Å²) in [4.78, 5) is 12.7. The van der Waals surface area contributed by atoms with Gasteiger partial charge in [-0.15, -0.1) is 11.3 Å². The molecule has 4 rings (SSSR count). The first-order chi connectivity index (χ1) is 13.7. The molecule has 4 aromatic rings. The van der Waals surface area contributed by atoms with Crippen molar-refractivity contribution in [3.05, 3.63) is 94.3 Å². The molecule has 0 aliphatic carbocycles. The fourth-order valence-electron chi connectivity index (χ4n) is 2.83. The van der Waals surface area contributed by atoms with E-state index in [2.05, 4.69) is 16.6 Å². The van der Waals surface area contributed by atoms with E-state index in [0.717, 1.165) is 28.1 Å². The molecule has 0 radical (unpaired) electrons. The van der Waals surface area contributed by atoms with E-state index in [4.69, 9.17) is 5.10 Å². The normalized spacial score (nSPS) is 11.0. The number of nitrogens with zero attached hydrogens (tertiary/aromatic N) is 3. The number of aryl methyl sites for hydroxylation is 1. The third-order valence-electron chi connectivity index (χ3n) is 4.17. The molecule has 0 atom stereocenters. The van der Waals surface area contributed by atoms with Crippen LogP contribution in [0.4, 0.5) is 0 Å². The van der Waals surface area contributed by atoms with Crippen LogP contribution >= 0.6 is 11.3 Å². The number of hydrazone groups is 1. The van der Waals surface area contributed by atoms with Crippen LogP contribution in [0.15, 0.2) is 83.4 Å². The molecule has 138 valence electrons. The lowest BCUT2D eigenvalue weighted by Crippen LogP contribution is -2.16. The molecular weight excluding hydrogens is 368 g/mol. The van der Waals surface area contributed by atoms with E-state index in [1.165, 1.54) is 11.3 Å². The third kappa shape index (κ3) is 3.92. The number of nitrogens with one attached hydrogen (secondary N) is 1. The highest BCUT2D eigenvalue weighted by atomic mass is 32.1. The number of benzene rings is 2. The quantitative estimate of drug-likeness (QED) is 0.400. The summed E-state index contributed by atoms with van der Waals surface area (Å²) in [5.74, 6) is -0.223. The topological polar surface area (TPSA) is 59.3 Å². The Morgan fingerprint density at radius 2 is 1.96 bits per heavy atom. The van der Waals surface area contributed by atoms with E-state index >= 15 is 0 Å². The van der Waals surface area contributed by atoms with Crippen LogP contribution in [-0.2, 0) is 0 Å². The summed E-state index contributed by atoms with van der Waals surface area (Å²) >= 11 is 1.38. The Morgan fingerprint density at radius 1 is 1.11 bits per heavy atom. The first-order valence-corrected chi connectivity index (χ1v) is 9.68. The molecule has 1 N–H and O–H groups in total. The second-order valence-electron chi connectivity index (χ2n) is 6.26. The van der Waals surface area contributed by atoms with Crippen molar-refractivity contribution in [2.24, 2.45) is 5.10 Å². The summed E-state index contributed by atoms with van der Waals surface area (Å²) in [5, 5.41) is 10.8. The Labute approximate surface area is 167 Å². The SMILES string of the molecule is Cc1cccc(-c2nn(-c3ccccc3)cc2/C=N\NC(=O)c2cccs2)c1. The molecule has 0 aliphatic heterocycles. The lowest BCUT2D eigenvalue weighted by Gasteiger charge is -2.01. The summed E-state index contributed by atoms with van der Waals surface area (Å²) in [6, 6.07) is 21.7. The molecule has 2 aromatic carbocycles. The molecule has 2 aromatic heterocycles. The van der Waals surface area contributed by atoms with Crippen molar-refractivity contribution in [1.82, 2.24) is 15.2 Å². The van der Waals surface area contributed by atoms with Gasteiger partial charge in [0.05, 0.1) is 16.8 Å². The highest BCUT2D eigenvalue weighted by molar-refractivity contribution is 7.12. The van der Waals surface area contributed by atoms with E-state index in [0.29, 0.717) is 4.88 Å². The van der Waals surface area contributed by atoms with E-state index in [1.54, 1.807) is 12.3 Å². The first-order valence-electron chi connectivity index (χ1n) is 8.80. The van der Waals surface area contributed by atoms with E-state index in [1.807, 2.05) is 77.8 Å². The molecule has 6 heteroatoms. The average molecular weight is 386 g/mol. The zero-order chi connectivity index (χ0) is 19.3. The molecule has 0 fully saturated rings. The van der Waals surface area contributed by atoms with Gasteiger partial charge in [-0.2, -0.15) is 10.2 Å². The van der Waals surface area contributed by atoms with Crippen LogP contribution in [0, 0.1) is 6.92 Å². The molecular formula is C22H18N4OS. The van der Waals surface area contributed by atoms with Crippen LogP contribution < -0.4 is 5.43 Å². The minimum absolute atomic E-state index is 0.223. The van der Waals surface area contributed by atoms with Crippen LogP contribution in [0.3, 0.4) is 0 Å². The number of thiophene rings is 1. The van der Waals surface area contributed by atoms with E-state index < -0.39 is 0 Å². The van der Waals surface area contributed by atoms with E-state index in [-0.39, 0.29) is 5.91 Å². The summed E-state index contributed by atoms with van der Waals surface area (Å²) in [7, 11) is 0. The monoisotopic (exact) mass is 386 g/mol. The first kappa shape index (κ1) is 17.9. The maximum atomic E-state index is 12.1. The van der Waals surface area contributed by atoms with Gasteiger partial charge in [0.1, 0.15) is 5.69 Å². The fraction of sp³-hybridized carbons (Fsp3) is 0.0455. The molecule has 0 unspecified atom stereocenters. The number of amides is 1. The maximum Gasteiger partial charge on any atom is 0.281 e. The standard InChI is InChI=1S/C22H18N4OS/c1-16-7-5-8-17(13-16)21-18(14-23-24-22(27)20-11-6-12-28-20)15-26(25-21)19-9-3-2-4-10-19/h2-15H,1H3,(H,24,27)/b23-14-. The minimum Gasteiger partial charge on any atom is -0.266 e. The largest absolute Gasteiger partial charge is 0.281 e. The molecule has 5 nitrogen and oxygen atoms in total. The van der Waals surface area contributed by atoms with Crippen LogP contribution in [-0.4, -0.2) is 21.9 Å². The van der Waals surface area contributed by atoms with Gasteiger partial charge in [-0.1, -0.05) is 48.0 Å². The number of rotatable bonds is 5. The molecule has 0 aliphatic rings. The highest BCUT2D eigenvalue weighted by Crippen LogP contribution is 2.23. The Kier molecular flexibility index (Phi) is 5.12. The molecule has 0 bridgehead atoms. The Hall–Kier alpha value is -3.51. The number of aromatic nitrogens is 2. The Bertz CT molecular complexity index is 1110. The Balaban J connectivity index is 1.67. The van der Waals surface area contributed by atoms with Crippen molar-refractivity contribution >= 4 is 23.5 Å². The fourth-order valence-corrected chi connectivity index (χ4v) is 3.45. The lowest BCUT2D eigenvalue weighted by molar-refractivity contribution is 0.0959. The predicted octanol–water partition coefficient (Wildman–Crippen LogP) is 4.67. The number of para-hydroxylation sites is 1. The minimum atomic E-state index is -0.223. The van der Waals surface area contributed by atoms with Crippen molar-refractivity contribution in [2.75, 3.05) is 0 Å². The lowest BCUT2D eigenvalue weighted by atomic mass is 10.1. The van der Waals surface area contributed by atoms with Gasteiger partial charge in [0.2, 0.25) is 0 Å². The average Bonchev–Trinajstić information content (AvgIpc) is 3.39. The maximum absolute atomic E-state index is 12.1. The van der Waals surface area contributed by atoms with Crippen molar-refractivity contribution < 1.29 is 4.79 Å². The van der Waals surface area contributed by atoms with Gasteiger partial charge < -0.3 is 0 Å². The van der Waals surface area contributed by atoms with Crippen molar-refractivity contribution in [1.29, 1.82) is 0 Å². The molecule has 0 saturated carbocycles. The van der Waals surface area contributed by atoms with Crippen LogP contribution in [0.5, 0.6) is 0 Å². The van der Waals surface area contributed by atoms with Crippen molar-refractivity contribution in [3.63, 3.8) is 0 Å². The van der Waals surface area contributed by atoms with Gasteiger partial charge >= 0.3 is 0 Å².